The first kappa shape index (κ1) is 27.0. The lowest BCUT2D eigenvalue weighted by atomic mass is 9.97. The third-order valence-corrected chi connectivity index (χ3v) is 8.64. The molecule has 0 aliphatic carbocycles. The molecule has 0 radical (unpaired) electrons. The monoisotopic (exact) mass is 497 g/mol. The first-order valence-electron chi connectivity index (χ1n) is 12.5. The molecule has 3 unspecified atom stereocenters. The van der Waals surface area contributed by atoms with Crippen molar-refractivity contribution < 1.29 is 9.00 Å². The lowest BCUT2D eigenvalue weighted by molar-refractivity contribution is 0.0950. The molecule has 1 N–H and O–H groups in total. The molecule has 0 saturated carbocycles. The summed E-state index contributed by atoms with van der Waals surface area (Å²) >= 11 is 0. The number of pyridine rings is 2. The van der Waals surface area contributed by atoms with Crippen molar-refractivity contribution in [1.29, 1.82) is 0 Å². The van der Waals surface area contributed by atoms with Gasteiger partial charge >= 0.3 is 0 Å². The predicted molar refractivity (Wildman–Crippen MR) is 142 cm³/mol. The van der Waals surface area contributed by atoms with Crippen LogP contribution in [0.15, 0.2) is 53.1 Å². The maximum Gasteiger partial charge on any atom is 0.253 e. The smallest absolute Gasteiger partial charge is 0.253 e. The minimum absolute atomic E-state index is 0.163. The second-order valence-corrected chi connectivity index (χ2v) is 11.4. The van der Waals surface area contributed by atoms with E-state index in [1.54, 1.807) is 42.3 Å². The molecule has 1 aliphatic heterocycles. The van der Waals surface area contributed by atoms with Gasteiger partial charge in [-0.05, 0) is 68.5 Å². The van der Waals surface area contributed by atoms with Crippen LogP contribution in [0, 0.1) is 11.8 Å². The lowest BCUT2D eigenvalue weighted by Gasteiger charge is -2.26. The first-order chi connectivity index (χ1) is 16.8. The van der Waals surface area contributed by atoms with Crippen LogP contribution < -0.4 is 10.8 Å². The van der Waals surface area contributed by atoms with Gasteiger partial charge in [-0.2, -0.15) is 0 Å². The summed E-state index contributed by atoms with van der Waals surface area (Å²) in [5.74, 6) is 1.15. The second kappa shape index (κ2) is 12.9. The van der Waals surface area contributed by atoms with Crippen LogP contribution in [0.4, 0.5) is 0 Å². The standard InChI is InChI=1S/C27H39N5O2S/c1-6-32-19-22(9-12-26(32)28-5)27(33)30-16-23-10-11-25(17-29-23)35(34)24-8-7-14-31(15-13-24)18-21(4)20(2)3/h6,9-12,17,19-21,24H,1,7-8,13-16,18H2,2-5H3,(H,30,33). The maximum atomic E-state index is 13.2. The summed E-state index contributed by atoms with van der Waals surface area (Å²) in [6.45, 7) is 14.1. The topological polar surface area (TPSA) is 79.6 Å². The number of carbonyl (C=O) groups excluding carboxylic acids is 1. The van der Waals surface area contributed by atoms with Crippen molar-refractivity contribution >= 4 is 22.9 Å². The van der Waals surface area contributed by atoms with Crippen LogP contribution in [0.5, 0.6) is 0 Å². The van der Waals surface area contributed by atoms with Crippen molar-refractivity contribution in [3.05, 3.63) is 60.0 Å². The highest BCUT2D eigenvalue weighted by molar-refractivity contribution is 7.85. The summed E-state index contributed by atoms with van der Waals surface area (Å²) in [6, 6.07) is 7.24. The fraction of sp³-hybridized carbons (Fsp3) is 0.519. The van der Waals surface area contributed by atoms with Crippen LogP contribution >= 0.6 is 0 Å². The van der Waals surface area contributed by atoms with Crippen LogP contribution in [-0.4, -0.2) is 56.5 Å². The molecule has 0 spiro atoms. The average molecular weight is 498 g/mol. The zero-order valence-electron chi connectivity index (χ0n) is 21.4. The van der Waals surface area contributed by atoms with Gasteiger partial charge in [0.15, 0.2) is 0 Å². The third-order valence-electron chi connectivity index (χ3n) is 6.86. The minimum Gasteiger partial charge on any atom is -0.346 e. The van der Waals surface area contributed by atoms with Crippen LogP contribution in [0.3, 0.4) is 0 Å². The van der Waals surface area contributed by atoms with Gasteiger partial charge in [-0.3, -0.25) is 19.0 Å². The molecular weight excluding hydrogens is 458 g/mol. The van der Waals surface area contributed by atoms with Gasteiger partial charge in [0.25, 0.3) is 5.91 Å². The molecule has 190 valence electrons. The first-order valence-corrected chi connectivity index (χ1v) is 13.7. The Hall–Kier alpha value is -2.58. The number of nitrogens with one attached hydrogen (secondary N) is 1. The molecule has 0 bridgehead atoms. The van der Waals surface area contributed by atoms with E-state index in [0.29, 0.717) is 29.4 Å². The molecule has 35 heavy (non-hydrogen) atoms. The van der Waals surface area contributed by atoms with Gasteiger partial charge in [0.05, 0.1) is 33.5 Å². The Bertz CT molecular complexity index is 1090. The zero-order chi connectivity index (χ0) is 25.4. The Balaban J connectivity index is 1.54. The van der Waals surface area contributed by atoms with Gasteiger partial charge in [-0.25, -0.2) is 0 Å². The predicted octanol–water partition coefficient (Wildman–Crippen LogP) is 3.70. The molecule has 3 atom stereocenters. The van der Waals surface area contributed by atoms with Gasteiger partial charge < -0.3 is 14.8 Å². The molecular formula is C27H39N5O2S. The van der Waals surface area contributed by atoms with E-state index in [9.17, 15) is 9.00 Å². The van der Waals surface area contributed by atoms with Gasteiger partial charge in [-0.15, -0.1) is 0 Å². The number of hydrogen-bond donors (Lipinski definition) is 1. The van der Waals surface area contributed by atoms with E-state index in [1.807, 2.05) is 12.1 Å². The van der Waals surface area contributed by atoms with Crippen molar-refractivity contribution in [3.8, 4) is 0 Å². The third kappa shape index (κ3) is 7.45. The normalized spacial score (nSPS) is 19.2. The summed E-state index contributed by atoms with van der Waals surface area (Å²) in [5.41, 5.74) is 1.96. The maximum absolute atomic E-state index is 13.2. The molecule has 2 aromatic rings. The largest absolute Gasteiger partial charge is 0.346 e. The van der Waals surface area contributed by atoms with Gasteiger partial charge in [0.1, 0.15) is 5.49 Å². The molecule has 1 amide bonds. The van der Waals surface area contributed by atoms with Gasteiger partial charge in [-0.1, -0.05) is 27.4 Å². The van der Waals surface area contributed by atoms with Crippen LogP contribution in [0.1, 0.15) is 56.1 Å². The number of hydrogen-bond acceptors (Lipinski definition) is 5. The van der Waals surface area contributed by atoms with E-state index in [4.69, 9.17) is 0 Å². The molecule has 8 heteroatoms. The lowest BCUT2D eigenvalue weighted by Crippen LogP contribution is -2.31. The molecule has 2 aromatic heterocycles. The number of amides is 1. The summed E-state index contributed by atoms with van der Waals surface area (Å²) < 4.78 is 14.9. The molecule has 3 heterocycles. The molecule has 0 aromatic carbocycles. The van der Waals surface area contributed by atoms with E-state index < -0.39 is 10.8 Å². The van der Waals surface area contributed by atoms with Crippen molar-refractivity contribution in [1.82, 2.24) is 19.8 Å². The van der Waals surface area contributed by atoms with E-state index >= 15 is 0 Å². The number of likely N-dealkylation sites (tertiary alicyclic amines) is 1. The quantitative estimate of drug-likeness (QED) is 0.573. The summed E-state index contributed by atoms with van der Waals surface area (Å²) in [5, 5.41) is 3.05. The number of rotatable bonds is 9. The average Bonchev–Trinajstić information content (AvgIpc) is 3.12. The Morgan fingerprint density at radius 3 is 2.71 bits per heavy atom. The molecule has 3 rings (SSSR count). The number of nitrogens with zero attached hydrogens (tertiary/aromatic N) is 4. The van der Waals surface area contributed by atoms with Crippen LogP contribution in [0.25, 0.3) is 6.20 Å². The van der Waals surface area contributed by atoms with E-state index in [1.165, 1.54) is 0 Å². The highest BCUT2D eigenvalue weighted by Crippen LogP contribution is 2.22. The van der Waals surface area contributed by atoms with E-state index in [-0.39, 0.29) is 11.2 Å². The van der Waals surface area contributed by atoms with E-state index in [0.717, 1.165) is 49.5 Å². The fourth-order valence-electron chi connectivity index (χ4n) is 4.22. The SMILES string of the molecule is C=Cn1cc(C(=O)NCc2ccc(S(=O)C3CCCN(CC(C)C(C)C)CC3)cn2)ccc1=NC. The Labute approximate surface area is 211 Å². The fourth-order valence-corrected chi connectivity index (χ4v) is 5.66. The van der Waals surface area contributed by atoms with Gasteiger partial charge in [0.2, 0.25) is 0 Å². The summed E-state index contributed by atoms with van der Waals surface area (Å²) in [6.07, 6.45) is 8.01. The highest BCUT2D eigenvalue weighted by Gasteiger charge is 2.24. The Kier molecular flexibility index (Phi) is 9.98. The Morgan fingerprint density at radius 2 is 2.06 bits per heavy atom. The molecule has 1 fully saturated rings. The Morgan fingerprint density at radius 1 is 1.26 bits per heavy atom. The van der Waals surface area contributed by atoms with Crippen molar-refractivity contribution in [2.75, 3.05) is 26.7 Å². The second-order valence-electron chi connectivity index (χ2n) is 9.63. The van der Waals surface area contributed by atoms with Gasteiger partial charge in [0, 0.05) is 37.4 Å². The van der Waals surface area contributed by atoms with E-state index in [2.05, 4.69) is 47.5 Å². The van der Waals surface area contributed by atoms with Crippen molar-refractivity contribution in [2.24, 2.45) is 16.8 Å². The molecule has 7 nitrogen and oxygen atoms in total. The van der Waals surface area contributed by atoms with Crippen LogP contribution in [0.2, 0.25) is 0 Å². The molecule has 1 saturated heterocycles. The van der Waals surface area contributed by atoms with Crippen LogP contribution in [-0.2, 0) is 17.3 Å². The number of carbonyl (C=O) groups is 1. The number of aromatic nitrogens is 2. The highest BCUT2D eigenvalue weighted by atomic mass is 32.2. The summed E-state index contributed by atoms with van der Waals surface area (Å²) in [4.78, 5) is 24.5. The minimum atomic E-state index is -1.07. The van der Waals surface area contributed by atoms with Crippen molar-refractivity contribution in [3.63, 3.8) is 0 Å². The molecule has 1 aliphatic rings. The zero-order valence-corrected chi connectivity index (χ0v) is 22.3. The van der Waals surface area contributed by atoms with Crippen molar-refractivity contribution in [2.45, 2.75) is 56.7 Å². The summed E-state index contributed by atoms with van der Waals surface area (Å²) in [7, 11) is 0.618.